The molecule has 2 fully saturated rings. The summed E-state index contributed by atoms with van der Waals surface area (Å²) in [6.45, 7) is 4.76. The van der Waals surface area contributed by atoms with E-state index in [4.69, 9.17) is 23.9 Å². The van der Waals surface area contributed by atoms with E-state index in [1.165, 1.54) is 40.7 Å². The molecule has 0 aliphatic carbocycles. The average molecular weight is 793 g/mol. The van der Waals surface area contributed by atoms with E-state index in [1.54, 1.807) is 48.2 Å². The first kappa shape index (κ1) is 41.0. The van der Waals surface area contributed by atoms with Gasteiger partial charge in [-0.05, 0) is 51.7 Å². The molecule has 7 atom stereocenters. The van der Waals surface area contributed by atoms with E-state index in [0.29, 0.717) is 61.2 Å². The zero-order valence-corrected chi connectivity index (χ0v) is 32.8. The maximum Gasteiger partial charge on any atom is 0.407 e. The zero-order valence-electron chi connectivity index (χ0n) is 32.8. The van der Waals surface area contributed by atoms with Crippen LogP contribution in [0.4, 0.5) is 14.0 Å². The van der Waals surface area contributed by atoms with Gasteiger partial charge in [-0.25, -0.2) is 28.9 Å². The number of imidazole rings is 1. The first-order valence-electron chi connectivity index (χ1n) is 18.8. The fourth-order valence-electron chi connectivity index (χ4n) is 7.42. The summed E-state index contributed by atoms with van der Waals surface area (Å²) >= 11 is 0. The molecule has 2 saturated heterocycles. The molecule has 1 unspecified atom stereocenters. The normalized spacial score (nSPS) is 21.2. The summed E-state index contributed by atoms with van der Waals surface area (Å²) < 4.78 is 35.8. The molecule has 18 nitrogen and oxygen atoms in total. The number of carbonyl (C=O) groups is 4. The molecule has 1 aromatic carbocycles. The first-order valence-corrected chi connectivity index (χ1v) is 18.8. The molecule has 57 heavy (non-hydrogen) atoms. The molecule has 4 N–H and O–H groups in total. The van der Waals surface area contributed by atoms with Crippen LogP contribution in [-0.4, -0.2) is 138 Å². The first-order chi connectivity index (χ1) is 27.5. The molecule has 4 amide bonds. The molecular formula is C38H49FN10O8. The van der Waals surface area contributed by atoms with Gasteiger partial charge < -0.3 is 49.7 Å². The standard InChI is InChI=1S/C38H49FN10O8/c1-20(54-3)30(46-37(52)56-5)35(50)48-13-7-9-28(48)33-42-18-26(44-33)23-16-40-32(41-17-23)22-11-12-24(25(39)15-22)27-19-43-34(45-27)29-10-8-14-49(29)36(51)31(21(2)55-4)47-38(53)57-6/h11-12,15-17,19-21,26,28-31H,7-10,13-14,18H2,1-6H3,(H,42,44)(H,43,45)(H,46,52)(H,47,53)/t20-,21-,26?,28+,29+,30+,31+/m1/s1. The molecule has 306 valence electrons. The topological polar surface area (TPSA) is 215 Å². The highest BCUT2D eigenvalue weighted by Gasteiger charge is 2.41. The van der Waals surface area contributed by atoms with Crippen molar-refractivity contribution in [1.29, 1.82) is 0 Å². The van der Waals surface area contributed by atoms with Crippen LogP contribution in [0.2, 0.25) is 0 Å². The lowest BCUT2D eigenvalue weighted by atomic mass is 10.1. The number of ether oxygens (including phenoxy) is 4. The lowest BCUT2D eigenvalue weighted by molar-refractivity contribution is -0.138. The van der Waals surface area contributed by atoms with Crippen molar-refractivity contribution in [2.24, 2.45) is 4.99 Å². The Kier molecular flexibility index (Phi) is 13.0. The van der Waals surface area contributed by atoms with Crippen molar-refractivity contribution in [3.8, 4) is 22.6 Å². The summed E-state index contributed by atoms with van der Waals surface area (Å²) in [7, 11) is 5.39. The van der Waals surface area contributed by atoms with Gasteiger partial charge in [-0.1, -0.05) is 6.07 Å². The van der Waals surface area contributed by atoms with Crippen LogP contribution in [-0.2, 0) is 28.5 Å². The Morgan fingerprint density at radius 2 is 1.40 bits per heavy atom. The number of nitrogens with one attached hydrogen (secondary N) is 4. The van der Waals surface area contributed by atoms with Gasteiger partial charge in [-0.3, -0.25) is 14.6 Å². The van der Waals surface area contributed by atoms with Gasteiger partial charge in [0, 0.05) is 56.4 Å². The highest BCUT2D eigenvalue weighted by atomic mass is 19.1. The molecule has 5 heterocycles. The fraction of sp³-hybridized carbons (Fsp3) is 0.526. The highest BCUT2D eigenvalue weighted by Crippen LogP contribution is 2.34. The molecule has 19 heteroatoms. The van der Waals surface area contributed by atoms with Gasteiger partial charge in [0.1, 0.15) is 29.6 Å². The average Bonchev–Trinajstić information content (AvgIpc) is 4.07. The monoisotopic (exact) mass is 792 g/mol. The minimum atomic E-state index is -0.970. The number of H-pyrrole nitrogens is 1. The van der Waals surface area contributed by atoms with Crippen molar-refractivity contribution in [2.45, 2.75) is 81.9 Å². The van der Waals surface area contributed by atoms with E-state index in [-0.39, 0.29) is 29.5 Å². The van der Waals surface area contributed by atoms with E-state index in [9.17, 15) is 19.2 Å². The van der Waals surface area contributed by atoms with Crippen LogP contribution in [0.3, 0.4) is 0 Å². The third-order valence-electron chi connectivity index (χ3n) is 10.8. The number of aromatic nitrogens is 4. The number of hydrogen-bond acceptors (Lipinski definition) is 13. The smallest absolute Gasteiger partial charge is 0.407 e. The molecule has 3 aliphatic heterocycles. The molecule has 0 saturated carbocycles. The number of halogens is 1. The van der Waals surface area contributed by atoms with Crippen molar-refractivity contribution in [3.63, 3.8) is 0 Å². The maximum absolute atomic E-state index is 15.7. The SMILES string of the molecule is COC(=O)N[C@H](C(=O)N1CCC[C@H]1C1=NCC(c2cnc(-c3ccc(-c4cnc([C@@H]5CCCN5C(=O)[C@@H](NC(=O)OC)[C@@H](C)OC)[nH]4)c(F)c3)nc2)N1)[C@@H](C)OC. The van der Waals surface area contributed by atoms with Gasteiger partial charge >= 0.3 is 12.2 Å². The van der Waals surface area contributed by atoms with Crippen molar-refractivity contribution in [3.05, 3.63) is 54.0 Å². The predicted octanol–water partition coefficient (Wildman–Crippen LogP) is 2.89. The third-order valence-corrected chi connectivity index (χ3v) is 10.8. The second kappa shape index (κ2) is 18.1. The lowest BCUT2D eigenvalue weighted by Crippen LogP contribution is -2.57. The number of aliphatic imine (C=N–C) groups is 1. The summed E-state index contributed by atoms with van der Waals surface area (Å²) in [5.74, 6) is 0.371. The molecule has 0 bridgehead atoms. The number of benzene rings is 1. The van der Waals surface area contributed by atoms with Crippen LogP contribution in [0, 0.1) is 5.82 Å². The van der Waals surface area contributed by atoms with Crippen molar-refractivity contribution in [2.75, 3.05) is 48.1 Å². The van der Waals surface area contributed by atoms with Crippen LogP contribution >= 0.6 is 0 Å². The molecule has 6 rings (SSSR count). The number of amidine groups is 1. The van der Waals surface area contributed by atoms with Crippen LogP contribution < -0.4 is 16.0 Å². The Morgan fingerprint density at radius 1 is 0.825 bits per heavy atom. The number of likely N-dealkylation sites (tertiary alicyclic amines) is 2. The Hall–Kier alpha value is -5.69. The fourth-order valence-corrected chi connectivity index (χ4v) is 7.42. The Labute approximate surface area is 329 Å². The van der Waals surface area contributed by atoms with Crippen LogP contribution in [0.1, 0.15) is 63.0 Å². The van der Waals surface area contributed by atoms with Crippen molar-refractivity contribution >= 4 is 29.8 Å². The summed E-state index contributed by atoms with van der Waals surface area (Å²) in [6, 6.07) is 1.87. The Balaban J connectivity index is 1.09. The summed E-state index contributed by atoms with van der Waals surface area (Å²) in [4.78, 5) is 76.0. The van der Waals surface area contributed by atoms with E-state index >= 15 is 4.39 Å². The summed E-state index contributed by atoms with van der Waals surface area (Å²) in [6.07, 6.45) is 5.04. The van der Waals surface area contributed by atoms with Gasteiger partial charge in [0.2, 0.25) is 11.8 Å². The van der Waals surface area contributed by atoms with Crippen molar-refractivity contribution in [1.82, 2.24) is 45.7 Å². The van der Waals surface area contributed by atoms with E-state index in [1.807, 2.05) is 0 Å². The van der Waals surface area contributed by atoms with Gasteiger partial charge in [0.15, 0.2) is 5.82 Å². The van der Waals surface area contributed by atoms with E-state index < -0.39 is 48.3 Å². The van der Waals surface area contributed by atoms with E-state index in [0.717, 1.165) is 18.4 Å². The van der Waals surface area contributed by atoms with Gasteiger partial charge in [-0.15, -0.1) is 0 Å². The van der Waals surface area contributed by atoms with Gasteiger partial charge in [-0.2, -0.15) is 0 Å². The molecule has 3 aromatic rings. The van der Waals surface area contributed by atoms with Gasteiger partial charge in [0.25, 0.3) is 0 Å². The number of alkyl carbamates (subject to hydrolysis) is 2. The molecule has 0 radical (unpaired) electrons. The number of hydrogen-bond donors (Lipinski definition) is 4. The van der Waals surface area contributed by atoms with Crippen molar-refractivity contribution < 1.29 is 42.5 Å². The number of aromatic amines is 1. The third kappa shape index (κ3) is 8.83. The number of rotatable bonds is 13. The lowest BCUT2D eigenvalue weighted by Gasteiger charge is -2.31. The minimum Gasteiger partial charge on any atom is -0.453 e. The summed E-state index contributed by atoms with van der Waals surface area (Å²) in [5, 5.41) is 8.59. The quantitative estimate of drug-likeness (QED) is 0.197. The predicted molar refractivity (Wildman–Crippen MR) is 203 cm³/mol. The molecular weight excluding hydrogens is 743 g/mol. The molecule has 2 aromatic heterocycles. The number of amides is 4. The second-order valence-corrected chi connectivity index (χ2v) is 14.1. The minimum absolute atomic E-state index is 0.230. The number of nitrogens with zero attached hydrogens (tertiary/aromatic N) is 6. The largest absolute Gasteiger partial charge is 0.453 e. The second-order valence-electron chi connectivity index (χ2n) is 14.1. The maximum atomic E-state index is 15.7. The Morgan fingerprint density at radius 3 is 1.96 bits per heavy atom. The van der Waals surface area contributed by atoms with Crippen LogP contribution in [0.15, 0.2) is 41.8 Å². The molecule has 0 spiro atoms. The highest BCUT2D eigenvalue weighted by molar-refractivity contribution is 5.95. The Bertz CT molecular complexity index is 1960. The molecule has 3 aliphatic rings. The van der Waals surface area contributed by atoms with Gasteiger partial charge in [0.05, 0.1) is 63.0 Å². The van der Waals surface area contributed by atoms with E-state index in [2.05, 4.69) is 35.9 Å². The number of methoxy groups -OCH3 is 4. The van der Waals surface area contributed by atoms with Crippen LogP contribution in [0.5, 0.6) is 0 Å². The zero-order chi connectivity index (χ0) is 40.8. The number of carbonyl (C=O) groups excluding carboxylic acids is 4. The summed E-state index contributed by atoms with van der Waals surface area (Å²) in [5.41, 5.74) is 1.97. The van der Waals surface area contributed by atoms with Crippen LogP contribution in [0.25, 0.3) is 22.6 Å².